The van der Waals surface area contributed by atoms with Gasteiger partial charge in [0.05, 0.1) is 6.42 Å². The SMILES string of the molecule is CC(C)(C)OC(=O)CC[C@H](NC(=O)C[C@@H](N)C(=O)OC(C)(C)C)C(=O)OC(C)(C)C. The zero-order chi connectivity index (χ0) is 23.9. The van der Waals surface area contributed by atoms with Crippen molar-refractivity contribution in [3.63, 3.8) is 0 Å². The Hall–Kier alpha value is -2.16. The molecule has 0 aliphatic carbocycles. The van der Waals surface area contributed by atoms with Gasteiger partial charge in [0, 0.05) is 6.42 Å². The van der Waals surface area contributed by atoms with Crippen molar-refractivity contribution >= 4 is 23.8 Å². The molecule has 0 saturated carbocycles. The van der Waals surface area contributed by atoms with Gasteiger partial charge < -0.3 is 25.3 Å². The van der Waals surface area contributed by atoms with Crippen molar-refractivity contribution in [1.82, 2.24) is 5.32 Å². The van der Waals surface area contributed by atoms with E-state index in [0.717, 1.165) is 0 Å². The first-order valence-corrected chi connectivity index (χ1v) is 10.0. The molecule has 3 N–H and O–H groups in total. The minimum absolute atomic E-state index is 0.0166. The lowest BCUT2D eigenvalue weighted by atomic mass is 10.1. The minimum atomic E-state index is -1.19. The van der Waals surface area contributed by atoms with Crippen molar-refractivity contribution in [1.29, 1.82) is 0 Å². The summed E-state index contributed by atoms with van der Waals surface area (Å²) >= 11 is 0. The van der Waals surface area contributed by atoms with Crippen LogP contribution in [0.5, 0.6) is 0 Å². The molecule has 0 fully saturated rings. The highest BCUT2D eigenvalue weighted by Crippen LogP contribution is 2.14. The maximum Gasteiger partial charge on any atom is 0.329 e. The monoisotopic (exact) mass is 430 g/mol. The molecule has 9 nitrogen and oxygen atoms in total. The first-order valence-electron chi connectivity index (χ1n) is 10.0. The molecule has 0 aromatic carbocycles. The number of carbonyl (C=O) groups excluding carboxylic acids is 4. The van der Waals surface area contributed by atoms with E-state index in [2.05, 4.69) is 5.32 Å². The Kier molecular flexibility index (Phi) is 9.97. The highest BCUT2D eigenvalue weighted by atomic mass is 16.6. The van der Waals surface area contributed by atoms with E-state index in [4.69, 9.17) is 19.9 Å². The Labute approximate surface area is 179 Å². The molecule has 30 heavy (non-hydrogen) atoms. The molecule has 0 aliphatic rings. The standard InChI is InChI=1S/C21H38N2O7/c1-19(2,3)28-16(25)11-10-14(18(27)30-21(7,8)9)23-15(24)12-13(22)17(26)29-20(4,5)6/h13-14H,10-12,22H2,1-9H3,(H,23,24)/t13-,14+/m1/s1. The predicted molar refractivity (Wildman–Crippen MR) is 111 cm³/mol. The molecule has 0 spiro atoms. The summed E-state index contributed by atoms with van der Waals surface area (Å²) in [6.07, 6.45) is -0.489. The van der Waals surface area contributed by atoms with Crippen LogP contribution in [0.2, 0.25) is 0 Å². The van der Waals surface area contributed by atoms with E-state index in [9.17, 15) is 19.2 Å². The summed E-state index contributed by atoms with van der Waals surface area (Å²) < 4.78 is 15.7. The molecule has 0 aromatic rings. The zero-order valence-corrected chi connectivity index (χ0v) is 19.7. The number of amides is 1. The Bertz CT molecular complexity index is 625. The van der Waals surface area contributed by atoms with E-state index in [-0.39, 0.29) is 19.3 Å². The second-order valence-electron chi connectivity index (χ2n) is 10.1. The molecule has 2 atom stereocenters. The number of carbonyl (C=O) groups is 4. The average molecular weight is 431 g/mol. The van der Waals surface area contributed by atoms with Gasteiger partial charge in [-0.25, -0.2) is 4.79 Å². The van der Waals surface area contributed by atoms with E-state index in [1.165, 1.54) is 0 Å². The average Bonchev–Trinajstić information content (AvgIpc) is 2.45. The van der Waals surface area contributed by atoms with Gasteiger partial charge in [0.1, 0.15) is 28.9 Å². The van der Waals surface area contributed by atoms with E-state index in [0.29, 0.717) is 0 Å². The lowest BCUT2D eigenvalue weighted by Gasteiger charge is -2.26. The Morgan fingerprint density at radius 3 is 1.63 bits per heavy atom. The quantitative estimate of drug-likeness (QED) is 0.441. The molecule has 0 heterocycles. The molecule has 0 rings (SSSR count). The number of nitrogens with one attached hydrogen (secondary N) is 1. The molecule has 0 saturated heterocycles. The Balaban J connectivity index is 5.06. The van der Waals surface area contributed by atoms with Gasteiger partial charge in [0.2, 0.25) is 5.91 Å². The van der Waals surface area contributed by atoms with E-state index >= 15 is 0 Å². The summed E-state index contributed by atoms with van der Waals surface area (Å²) in [6, 6.07) is -2.27. The summed E-state index contributed by atoms with van der Waals surface area (Å²) in [5.41, 5.74) is 3.56. The molecule has 174 valence electrons. The van der Waals surface area contributed by atoms with Crippen molar-refractivity contribution in [2.45, 2.75) is 110 Å². The van der Waals surface area contributed by atoms with Crippen molar-refractivity contribution in [3.8, 4) is 0 Å². The Morgan fingerprint density at radius 2 is 1.20 bits per heavy atom. The van der Waals surface area contributed by atoms with Crippen LogP contribution in [-0.4, -0.2) is 52.7 Å². The summed E-state index contributed by atoms with van der Waals surface area (Å²) in [6.45, 7) is 15.3. The van der Waals surface area contributed by atoms with Gasteiger partial charge in [0.25, 0.3) is 0 Å². The second-order valence-corrected chi connectivity index (χ2v) is 10.1. The molecule has 9 heteroatoms. The molecule has 0 bridgehead atoms. The van der Waals surface area contributed by atoms with Crippen molar-refractivity contribution < 1.29 is 33.4 Å². The summed E-state index contributed by atoms with van der Waals surface area (Å²) in [5.74, 6) is -2.55. The van der Waals surface area contributed by atoms with Gasteiger partial charge in [-0.15, -0.1) is 0 Å². The van der Waals surface area contributed by atoms with Crippen LogP contribution in [-0.2, 0) is 33.4 Å². The third-order valence-electron chi connectivity index (χ3n) is 3.20. The van der Waals surface area contributed by atoms with E-state index in [1.54, 1.807) is 62.3 Å². The number of rotatable bonds is 8. The van der Waals surface area contributed by atoms with Gasteiger partial charge in [-0.2, -0.15) is 0 Å². The molecule has 0 unspecified atom stereocenters. The third kappa shape index (κ3) is 13.9. The molecule has 1 amide bonds. The highest BCUT2D eigenvalue weighted by molar-refractivity contribution is 5.88. The summed E-state index contributed by atoms with van der Waals surface area (Å²) in [7, 11) is 0. The van der Waals surface area contributed by atoms with Crippen LogP contribution >= 0.6 is 0 Å². The molecule has 0 radical (unpaired) electrons. The van der Waals surface area contributed by atoms with Gasteiger partial charge in [-0.05, 0) is 68.7 Å². The lowest BCUT2D eigenvalue weighted by molar-refractivity contribution is -0.160. The molecular formula is C21H38N2O7. The molecule has 0 aliphatic heterocycles. The fraction of sp³-hybridized carbons (Fsp3) is 0.810. The third-order valence-corrected chi connectivity index (χ3v) is 3.20. The van der Waals surface area contributed by atoms with Gasteiger partial charge in [-0.3, -0.25) is 14.4 Å². The van der Waals surface area contributed by atoms with Crippen LogP contribution < -0.4 is 11.1 Å². The first kappa shape index (κ1) is 27.8. The van der Waals surface area contributed by atoms with E-state index < -0.39 is 52.7 Å². The van der Waals surface area contributed by atoms with Crippen molar-refractivity contribution in [2.75, 3.05) is 0 Å². The number of esters is 3. The minimum Gasteiger partial charge on any atom is -0.460 e. The van der Waals surface area contributed by atoms with Gasteiger partial charge in [0.15, 0.2) is 0 Å². The fourth-order valence-electron chi connectivity index (χ4n) is 2.19. The Morgan fingerprint density at radius 1 is 0.767 bits per heavy atom. The number of hydrogen-bond donors (Lipinski definition) is 2. The normalized spacial score (nSPS) is 14.3. The molecule has 0 aromatic heterocycles. The van der Waals surface area contributed by atoms with Crippen molar-refractivity contribution in [2.24, 2.45) is 5.73 Å². The highest BCUT2D eigenvalue weighted by Gasteiger charge is 2.30. The number of nitrogens with two attached hydrogens (primary N) is 1. The lowest BCUT2D eigenvalue weighted by Crippen LogP contribution is -2.47. The van der Waals surface area contributed by atoms with Crippen LogP contribution in [0.4, 0.5) is 0 Å². The van der Waals surface area contributed by atoms with Crippen molar-refractivity contribution in [3.05, 3.63) is 0 Å². The first-order chi connectivity index (χ1) is 13.3. The molecular weight excluding hydrogens is 392 g/mol. The van der Waals surface area contributed by atoms with Gasteiger partial charge >= 0.3 is 17.9 Å². The summed E-state index contributed by atoms with van der Waals surface area (Å²) in [4.78, 5) is 48.8. The van der Waals surface area contributed by atoms with Crippen LogP contribution in [0, 0.1) is 0 Å². The predicted octanol–water partition coefficient (Wildman–Crippen LogP) is 1.99. The maximum absolute atomic E-state index is 12.5. The largest absolute Gasteiger partial charge is 0.460 e. The van der Waals surface area contributed by atoms with Crippen LogP contribution in [0.1, 0.15) is 81.6 Å². The number of hydrogen-bond acceptors (Lipinski definition) is 8. The van der Waals surface area contributed by atoms with E-state index in [1.807, 2.05) is 0 Å². The zero-order valence-electron chi connectivity index (χ0n) is 19.7. The van der Waals surface area contributed by atoms with Crippen LogP contribution in [0.15, 0.2) is 0 Å². The smallest absolute Gasteiger partial charge is 0.329 e. The van der Waals surface area contributed by atoms with Crippen LogP contribution in [0.25, 0.3) is 0 Å². The fourth-order valence-corrected chi connectivity index (χ4v) is 2.19. The maximum atomic E-state index is 12.5. The van der Waals surface area contributed by atoms with Gasteiger partial charge in [-0.1, -0.05) is 0 Å². The number of ether oxygens (including phenoxy) is 3. The topological polar surface area (TPSA) is 134 Å². The summed E-state index contributed by atoms with van der Waals surface area (Å²) in [5, 5.41) is 2.50. The second kappa shape index (κ2) is 10.7. The van der Waals surface area contributed by atoms with Crippen LogP contribution in [0.3, 0.4) is 0 Å².